The average Bonchev–Trinajstić information content (AvgIpc) is 2.92. The summed E-state index contributed by atoms with van der Waals surface area (Å²) in [6.45, 7) is 1.51. The van der Waals surface area contributed by atoms with E-state index in [0.717, 1.165) is 18.9 Å². The number of nitro benzene ring substituents is 1. The van der Waals surface area contributed by atoms with Crippen molar-refractivity contribution >= 4 is 32.4 Å². The second-order valence-corrected chi connectivity index (χ2v) is 7.66. The van der Waals surface area contributed by atoms with Crippen LogP contribution in [0.1, 0.15) is 41.6 Å². The summed E-state index contributed by atoms with van der Waals surface area (Å²) in [6.07, 6.45) is 2.62. The molecule has 0 amide bonds. The zero-order valence-electron chi connectivity index (χ0n) is 11.3. The van der Waals surface area contributed by atoms with Gasteiger partial charge in [-0.3, -0.25) is 14.9 Å². The highest BCUT2D eigenvalue weighted by molar-refractivity contribution is 7.92. The molecular formula is C13H14ClNO5S. The van der Waals surface area contributed by atoms with Crippen LogP contribution in [0.15, 0.2) is 17.0 Å². The highest BCUT2D eigenvalue weighted by Crippen LogP contribution is 2.35. The molecule has 0 unspecified atom stereocenters. The number of sulfone groups is 1. The first-order valence-corrected chi connectivity index (χ1v) is 8.40. The smallest absolute Gasteiger partial charge is 0.276 e. The van der Waals surface area contributed by atoms with E-state index in [1.54, 1.807) is 0 Å². The molecule has 1 aliphatic carbocycles. The summed E-state index contributed by atoms with van der Waals surface area (Å²) in [4.78, 5) is 21.3. The summed E-state index contributed by atoms with van der Waals surface area (Å²) < 4.78 is 25.1. The number of hydrogen-bond acceptors (Lipinski definition) is 5. The lowest BCUT2D eigenvalue weighted by Gasteiger charge is -2.13. The number of carbonyl (C=O) groups excluding carboxylic acids is 1. The Labute approximate surface area is 127 Å². The average molecular weight is 332 g/mol. The fraction of sp³-hybridized carbons (Fsp3) is 0.462. The Morgan fingerprint density at radius 1 is 1.33 bits per heavy atom. The van der Waals surface area contributed by atoms with Gasteiger partial charge in [-0.05, 0) is 43.0 Å². The third-order valence-corrected chi connectivity index (χ3v) is 6.25. The van der Waals surface area contributed by atoms with Gasteiger partial charge in [-0.25, -0.2) is 8.42 Å². The van der Waals surface area contributed by atoms with Crippen molar-refractivity contribution in [3.63, 3.8) is 0 Å². The molecule has 2 rings (SSSR count). The second-order valence-electron chi connectivity index (χ2n) is 5.12. The third-order valence-electron chi connectivity index (χ3n) is 3.76. The molecule has 8 heteroatoms. The largest absolute Gasteiger partial charge is 0.288 e. The molecule has 114 valence electrons. The predicted molar refractivity (Wildman–Crippen MR) is 77.5 cm³/mol. The van der Waals surface area contributed by atoms with Crippen LogP contribution in [-0.2, 0) is 9.84 Å². The van der Waals surface area contributed by atoms with Gasteiger partial charge < -0.3 is 0 Å². The Kier molecular flexibility index (Phi) is 4.34. The van der Waals surface area contributed by atoms with Gasteiger partial charge in [0.05, 0.1) is 10.2 Å². The maximum Gasteiger partial charge on any atom is 0.288 e. The minimum absolute atomic E-state index is 0.0475. The molecule has 0 spiro atoms. The lowest BCUT2D eigenvalue weighted by molar-refractivity contribution is -0.387. The molecule has 21 heavy (non-hydrogen) atoms. The summed E-state index contributed by atoms with van der Waals surface area (Å²) in [6, 6.07) is 2.13. The summed E-state index contributed by atoms with van der Waals surface area (Å²) in [5, 5.41) is 9.72. The number of benzene rings is 1. The van der Waals surface area contributed by atoms with Gasteiger partial charge in [0.2, 0.25) is 0 Å². The van der Waals surface area contributed by atoms with Crippen LogP contribution < -0.4 is 0 Å². The molecule has 0 saturated heterocycles. The van der Waals surface area contributed by atoms with Gasteiger partial charge >= 0.3 is 0 Å². The lowest BCUT2D eigenvalue weighted by Crippen LogP contribution is -2.19. The van der Waals surface area contributed by atoms with Gasteiger partial charge in [0.25, 0.3) is 10.9 Å². The molecule has 1 aromatic rings. The van der Waals surface area contributed by atoms with E-state index in [1.165, 1.54) is 13.0 Å². The van der Waals surface area contributed by atoms with Gasteiger partial charge in [0, 0.05) is 11.6 Å². The van der Waals surface area contributed by atoms with Gasteiger partial charge in [-0.15, -0.1) is 0 Å². The van der Waals surface area contributed by atoms with E-state index in [1.807, 2.05) is 0 Å². The van der Waals surface area contributed by atoms with Crippen LogP contribution >= 0.6 is 11.6 Å². The maximum atomic E-state index is 12.6. The monoisotopic (exact) mass is 331 g/mol. The normalized spacial score (nSPS) is 16.1. The van der Waals surface area contributed by atoms with Crippen molar-refractivity contribution in [1.82, 2.24) is 0 Å². The fourth-order valence-corrected chi connectivity index (χ4v) is 4.91. The molecule has 0 heterocycles. The molecule has 0 atom stereocenters. The Morgan fingerprint density at radius 3 is 2.38 bits per heavy atom. The van der Waals surface area contributed by atoms with Crippen LogP contribution in [0.25, 0.3) is 0 Å². The molecule has 1 fully saturated rings. The van der Waals surface area contributed by atoms with Crippen LogP contribution in [0.5, 0.6) is 0 Å². The van der Waals surface area contributed by atoms with E-state index in [4.69, 9.17) is 11.6 Å². The molecule has 0 aliphatic heterocycles. The van der Waals surface area contributed by atoms with Crippen molar-refractivity contribution in [2.45, 2.75) is 42.8 Å². The van der Waals surface area contributed by atoms with E-state index in [9.17, 15) is 23.3 Å². The highest BCUT2D eigenvalue weighted by Gasteiger charge is 2.36. The number of nitro groups is 1. The summed E-state index contributed by atoms with van der Waals surface area (Å²) >= 11 is 5.37. The number of halogens is 1. The van der Waals surface area contributed by atoms with Crippen molar-refractivity contribution in [2.75, 3.05) is 0 Å². The lowest BCUT2D eigenvalue weighted by atomic mass is 10.1. The molecule has 1 saturated carbocycles. The predicted octanol–water partition coefficient (Wildman–Crippen LogP) is 3.00. The summed E-state index contributed by atoms with van der Waals surface area (Å²) in [5.41, 5.74) is -0.317. The van der Waals surface area contributed by atoms with E-state index in [-0.39, 0.29) is 10.5 Å². The Bertz CT molecular complexity index is 708. The molecule has 0 bridgehead atoms. The Hall–Kier alpha value is -1.47. The quantitative estimate of drug-likeness (QED) is 0.480. The first kappa shape index (κ1) is 15.9. The standard InChI is InChI=1S/C13H14ClNO5S/c1-8-6-12(21(19,20)9-4-2-3-5-9)11(15(17)18)7-10(8)13(14)16/h6-7,9H,2-5H2,1H3. The molecule has 1 aliphatic rings. The first-order valence-electron chi connectivity index (χ1n) is 6.48. The van der Waals surface area contributed by atoms with E-state index in [0.29, 0.717) is 18.4 Å². The SMILES string of the molecule is Cc1cc(S(=O)(=O)C2CCCC2)c([N+](=O)[O-])cc1C(=O)Cl. The molecule has 1 aromatic carbocycles. The molecule has 6 nitrogen and oxygen atoms in total. The molecule has 0 aromatic heterocycles. The van der Waals surface area contributed by atoms with Crippen molar-refractivity contribution in [1.29, 1.82) is 0 Å². The molecule has 0 N–H and O–H groups in total. The highest BCUT2D eigenvalue weighted by atomic mass is 35.5. The van der Waals surface area contributed by atoms with Crippen LogP contribution in [0.3, 0.4) is 0 Å². The van der Waals surface area contributed by atoms with E-state index < -0.39 is 30.9 Å². The zero-order chi connectivity index (χ0) is 15.8. The number of aryl methyl sites for hydroxylation is 1. The van der Waals surface area contributed by atoms with Crippen LogP contribution in [-0.4, -0.2) is 23.8 Å². The summed E-state index contributed by atoms with van der Waals surface area (Å²) in [7, 11) is -3.78. The number of hydrogen-bond donors (Lipinski definition) is 0. The van der Waals surface area contributed by atoms with Crippen molar-refractivity contribution in [3.8, 4) is 0 Å². The second kappa shape index (κ2) is 5.73. The van der Waals surface area contributed by atoms with Gasteiger partial charge in [0.1, 0.15) is 4.90 Å². The van der Waals surface area contributed by atoms with Crippen LogP contribution in [0, 0.1) is 17.0 Å². The van der Waals surface area contributed by atoms with Crippen molar-refractivity contribution < 1.29 is 18.1 Å². The van der Waals surface area contributed by atoms with Crippen molar-refractivity contribution in [2.24, 2.45) is 0 Å². The topological polar surface area (TPSA) is 94.3 Å². The van der Waals surface area contributed by atoms with E-state index in [2.05, 4.69) is 0 Å². The van der Waals surface area contributed by atoms with E-state index >= 15 is 0 Å². The summed E-state index contributed by atoms with van der Waals surface area (Å²) in [5.74, 6) is 0. The van der Waals surface area contributed by atoms with Gasteiger partial charge in [-0.1, -0.05) is 12.8 Å². The Morgan fingerprint density at radius 2 is 1.90 bits per heavy atom. The van der Waals surface area contributed by atoms with Crippen LogP contribution in [0.2, 0.25) is 0 Å². The maximum absolute atomic E-state index is 12.6. The van der Waals surface area contributed by atoms with Crippen molar-refractivity contribution in [3.05, 3.63) is 33.4 Å². The first-order chi connectivity index (χ1) is 9.75. The molecule has 0 radical (unpaired) electrons. The zero-order valence-corrected chi connectivity index (χ0v) is 12.9. The minimum Gasteiger partial charge on any atom is -0.276 e. The molecular weight excluding hydrogens is 318 g/mol. The third kappa shape index (κ3) is 2.94. The minimum atomic E-state index is -3.78. The Balaban J connectivity index is 2.65. The number of nitrogens with zero attached hydrogens (tertiary/aromatic N) is 1. The fourth-order valence-electron chi connectivity index (χ4n) is 2.63. The van der Waals surface area contributed by atoms with Crippen LogP contribution in [0.4, 0.5) is 5.69 Å². The number of rotatable bonds is 4. The number of carbonyl (C=O) groups is 1. The van der Waals surface area contributed by atoms with Gasteiger partial charge in [0.15, 0.2) is 9.84 Å². The van der Waals surface area contributed by atoms with Gasteiger partial charge in [-0.2, -0.15) is 0 Å².